The number of hydrogen-bond acceptors (Lipinski definition) is 3. The van der Waals surface area contributed by atoms with E-state index in [2.05, 4.69) is 9.84 Å². The molecule has 21 heavy (non-hydrogen) atoms. The van der Waals surface area contributed by atoms with Gasteiger partial charge in [0.25, 0.3) is 0 Å². The highest BCUT2D eigenvalue weighted by Gasteiger charge is 2.31. The number of fused-ring (bicyclic) bond motifs is 1. The third-order valence-corrected chi connectivity index (χ3v) is 3.08. The molecule has 108 valence electrons. The molecular weight excluding hydrogens is 281 g/mol. The van der Waals surface area contributed by atoms with Crippen LogP contribution in [0.4, 0.5) is 18.9 Å². The van der Waals surface area contributed by atoms with Gasteiger partial charge in [0.05, 0.1) is 18.4 Å². The summed E-state index contributed by atoms with van der Waals surface area (Å²) in [5.41, 5.74) is 2.86. The molecule has 1 heterocycles. The fraction of sp³-hybridized carbons (Fsp3) is 0.133. The molecule has 0 bridgehead atoms. The minimum Gasteiger partial charge on any atom is -0.406 e. The normalized spacial score (nSPS) is 14.0. The average Bonchev–Trinajstić information content (AvgIpc) is 2.46. The highest BCUT2D eigenvalue weighted by atomic mass is 19.4. The smallest absolute Gasteiger partial charge is 0.406 e. The molecular formula is C15H11F3N2O. The van der Waals surface area contributed by atoms with Gasteiger partial charge in [-0.15, -0.1) is 13.2 Å². The molecule has 3 nitrogen and oxygen atoms in total. The van der Waals surface area contributed by atoms with E-state index in [1.807, 2.05) is 24.3 Å². The molecule has 0 aliphatic carbocycles. The molecule has 0 aromatic heterocycles. The third-order valence-electron chi connectivity index (χ3n) is 3.08. The van der Waals surface area contributed by atoms with Gasteiger partial charge in [0.1, 0.15) is 5.75 Å². The van der Waals surface area contributed by atoms with E-state index in [0.29, 0.717) is 12.2 Å². The predicted molar refractivity (Wildman–Crippen MR) is 73.3 cm³/mol. The van der Waals surface area contributed by atoms with Crippen LogP contribution in [0.15, 0.2) is 53.6 Å². The van der Waals surface area contributed by atoms with Crippen molar-refractivity contribution in [3.05, 3.63) is 59.7 Å². The van der Waals surface area contributed by atoms with Crippen LogP contribution in [-0.2, 0) is 6.54 Å². The fourth-order valence-electron chi connectivity index (χ4n) is 2.12. The Morgan fingerprint density at radius 1 is 1.00 bits per heavy atom. The Kier molecular flexibility index (Phi) is 3.29. The van der Waals surface area contributed by atoms with Gasteiger partial charge in [-0.05, 0) is 35.4 Å². The number of alkyl halides is 3. The van der Waals surface area contributed by atoms with E-state index in [1.165, 1.54) is 12.1 Å². The van der Waals surface area contributed by atoms with Gasteiger partial charge in [-0.25, -0.2) is 0 Å². The molecule has 6 heteroatoms. The zero-order chi connectivity index (χ0) is 14.9. The van der Waals surface area contributed by atoms with Gasteiger partial charge < -0.3 is 4.74 Å². The summed E-state index contributed by atoms with van der Waals surface area (Å²) in [6, 6.07) is 13.5. The van der Waals surface area contributed by atoms with Crippen LogP contribution in [0.1, 0.15) is 11.1 Å². The second-order valence-corrected chi connectivity index (χ2v) is 4.54. The lowest BCUT2D eigenvalue weighted by Gasteiger charge is -2.24. The molecule has 3 rings (SSSR count). The maximum atomic E-state index is 12.1. The average molecular weight is 292 g/mol. The number of hydrogen-bond donors (Lipinski definition) is 0. The van der Waals surface area contributed by atoms with Crippen LogP contribution in [-0.4, -0.2) is 12.6 Å². The number of anilines is 1. The molecule has 0 amide bonds. The SMILES string of the molecule is FC(F)(F)Oc1ccc(N2Cc3ccccc3C=N2)cc1. The predicted octanol–water partition coefficient (Wildman–Crippen LogP) is 3.94. The summed E-state index contributed by atoms with van der Waals surface area (Å²) in [6.07, 6.45) is -2.94. The summed E-state index contributed by atoms with van der Waals surface area (Å²) in [6.45, 7) is 0.576. The van der Waals surface area contributed by atoms with Crippen molar-refractivity contribution in [3.63, 3.8) is 0 Å². The molecule has 2 aromatic rings. The Morgan fingerprint density at radius 3 is 2.43 bits per heavy atom. The minimum absolute atomic E-state index is 0.243. The lowest BCUT2D eigenvalue weighted by molar-refractivity contribution is -0.274. The lowest BCUT2D eigenvalue weighted by Crippen LogP contribution is -2.21. The molecule has 0 saturated carbocycles. The fourth-order valence-corrected chi connectivity index (χ4v) is 2.12. The number of hydrazone groups is 1. The Bertz CT molecular complexity index is 665. The van der Waals surface area contributed by atoms with Gasteiger partial charge >= 0.3 is 6.36 Å². The van der Waals surface area contributed by atoms with Crippen molar-refractivity contribution < 1.29 is 17.9 Å². The molecule has 0 fully saturated rings. The van der Waals surface area contributed by atoms with Crippen molar-refractivity contribution in [1.29, 1.82) is 0 Å². The summed E-state index contributed by atoms with van der Waals surface area (Å²) >= 11 is 0. The van der Waals surface area contributed by atoms with Crippen LogP contribution in [0.3, 0.4) is 0 Å². The molecule has 0 saturated heterocycles. The number of benzene rings is 2. The number of nitrogens with zero attached hydrogens (tertiary/aromatic N) is 2. The van der Waals surface area contributed by atoms with E-state index in [-0.39, 0.29) is 5.75 Å². The summed E-state index contributed by atoms with van der Waals surface area (Å²) in [4.78, 5) is 0. The first-order chi connectivity index (χ1) is 10.0. The van der Waals surface area contributed by atoms with Crippen molar-refractivity contribution in [2.75, 3.05) is 5.01 Å². The zero-order valence-corrected chi connectivity index (χ0v) is 10.8. The van der Waals surface area contributed by atoms with E-state index in [9.17, 15) is 13.2 Å². The first kappa shape index (κ1) is 13.5. The first-order valence-electron chi connectivity index (χ1n) is 6.26. The molecule has 0 spiro atoms. The van der Waals surface area contributed by atoms with E-state index in [1.54, 1.807) is 23.4 Å². The molecule has 0 radical (unpaired) electrons. The van der Waals surface area contributed by atoms with Gasteiger partial charge in [-0.3, -0.25) is 5.01 Å². The minimum atomic E-state index is -4.68. The second kappa shape index (κ2) is 5.12. The summed E-state index contributed by atoms with van der Waals surface area (Å²) in [5.74, 6) is -0.243. The van der Waals surface area contributed by atoms with E-state index >= 15 is 0 Å². The van der Waals surface area contributed by atoms with Crippen LogP contribution < -0.4 is 9.75 Å². The Labute approximate surface area is 119 Å². The quantitative estimate of drug-likeness (QED) is 0.837. The van der Waals surface area contributed by atoms with Crippen molar-refractivity contribution >= 4 is 11.9 Å². The van der Waals surface area contributed by atoms with Crippen molar-refractivity contribution in [2.45, 2.75) is 12.9 Å². The van der Waals surface area contributed by atoms with Gasteiger partial charge in [0.2, 0.25) is 0 Å². The van der Waals surface area contributed by atoms with Crippen LogP contribution in [0.5, 0.6) is 5.75 Å². The zero-order valence-electron chi connectivity index (χ0n) is 10.8. The highest BCUT2D eigenvalue weighted by Crippen LogP contribution is 2.27. The third kappa shape index (κ3) is 3.16. The topological polar surface area (TPSA) is 24.8 Å². The van der Waals surface area contributed by atoms with Crippen LogP contribution in [0.2, 0.25) is 0 Å². The van der Waals surface area contributed by atoms with E-state index in [0.717, 1.165) is 11.1 Å². The Morgan fingerprint density at radius 2 is 1.71 bits per heavy atom. The maximum Gasteiger partial charge on any atom is 0.573 e. The second-order valence-electron chi connectivity index (χ2n) is 4.54. The molecule has 1 aliphatic heterocycles. The number of halogens is 3. The molecule has 0 N–H and O–H groups in total. The van der Waals surface area contributed by atoms with Crippen LogP contribution in [0, 0.1) is 0 Å². The van der Waals surface area contributed by atoms with Gasteiger partial charge in [-0.2, -0.15) is 5.10 Å². The molecule has 2 aromatic carbocycles. The standard InChI is InChI=1S/C15H11F3N2O/c16-15(17,18)21-14-7-5-13(6-8-14)20-10-12-4-2-1-3-11(12)9-19-20/h1-9H,10H2. The summed E-state index contributed by atoms with van der Waals surface area (Å²) < 4.78 is 40.2. The van der Waals surface area contributed by atoms with Gasteiger partial charge in [0.15, 0.2) is 0 Å². The molecule has 0 atom stereocenters. The number of ether oxygens (including phenoxy) is 1. The van der Waals surface area contributed by atoms with E-state index < -0.39 is 6.36 Å². The number of rotatable bonds is 2. The van der Waals surface area contributed by atoms with Crippen molar-refractivity contribution in [2.24, 2.45) is 5.10 Å². The molecule has 0 unspecified atom stereocenters. The largest absolute Gasteiger partial charge is 0.573 e. The first-order valence-corrected chi connectivity index (χ1v) is 6.26. The monoisotopic (exact) mass is 292 g/mol. The Hall–Kier alpha value is -2.50. The lowest BCUT2D eigenvalue weighted by atomic mass is 10.1. The Balaban J connectivity index is 1.77. The molecule has 1 aliphatic rings. The van der Waals surface area contributed by atoms with Gasteiger partial charge in [-0.1, -0.05) is 24.3 Å². The summed E-state index contributed by atoms with van der Waals surface area (Å²) in [7, 11) is 0. The highest BCUT2D eigenvalue weighted by molar-refractivity contribution is 5.84. The van der Waals surface area contributed by atoms with Crippen molar-refractivity contribution in [3.8, 4) is 5.75 Å². The van der Waals surface area contributed by atoms with E-state index in [4.69, 9.17) is 0 Å². The van der Waals surface area contributed by atoms with Crippen LogP contribution >= 0.6 is 0 Å². The summed E-state index contributed by atoms with van der Waals surface area (Å²) in [5, 5.41) is 6.01. The van der Waals surface area contributed by atoms with Crippen molar-refractivity contribution in [1.82, 2.24) is 0 Å². The maximum absolute atomic E-state index is 12.1. The van der Waals surface area contributed by atoms with Gasteiger partial charge in [0, 0.05) is 0 Å². The van der Waals surface area contributed by atoms with Crippen LogP contribution in [0.25, 0.3) is 0 Å².